The molecule has 2 nitrogen and oxygen atoms in total. The van der Waals surface area contributed by atoms with Gasteiger partial charge in [0, 0.05) is 18.0 Å². The van der Waals surface area contributed by atoms with Crippen molar-refractivity contribution in [2.24, 2.45) is 0 Å². The first-order valence-electron chi connectivity index (χ1n) is 6.79. The molecule has 0 radical (unpaired) electrons. The molecule has 0 bridgehead atoms. The smallest absolute Gasteiger partial charge is 0.251 e. The fraction of sp³-hybridized carbons (Fsp3) is 0.235. The van der Waals surface area contributed by atoms with Crippen molar-refractivity contribution in [2.45, 2.75) is 19.3 Å². The minimum absolute atomic E-state index is 0.167. The van der Waals surface area contributed by atoms with E-state index in [1.165, 1.54) is 29.8 Å². The lowest BCUT2D eigenvalue weighted by Gasteiger charge is -2.16. The second-order valence-electron chi connectivity index (χ2n) is 4.73. The van der Waals surface area contributed by atoms with Gasteiger partial charge in [-0.3, -0.25) is 4.79 Å². The molecule has 0 heterocycles. The molecule has 0 unspecified atom stereocenters. The summed E-state index contributed by atoms with van der Waals surface area (Å²) in [5.74, 6) is -0.211. The summed E-state index contributed by atoms with van der Waals surface area (Å²) in [4.78, 5) is 12.0. The van der Waals surface area contributed by atoms with Gasteiger partial charge in [-0.25, -0.2) is 4.39 Å². The highest BCUT2D eigenvalue weighted by molar-refractivity contribution is 5.94. The van der Waals surface area contributed by atoms with Crippen molar-refractivity contribution in [3.05, 3.63) is 71.5 Å². The van der Waals surface area contributed by atoms with E-state index in [-0.39, 0.29) is 11.7 Å². The van der Waals surface area contributed by atoms with Gasteiger partial charge in [-0.1, -0.05) is 37.3 Å². The van der Waals surface area contributed by atoms with Crippen LogP contribution in [0.3, 0.4) is 0 Å². The molecule has 0 fully saturated rings. The average Bonchev–Trinajstić information content (AvgIpc) is 2.49. The van der Waals surface area contributed by atoms with Gasteiger partial charge in [0.05, 0.1) is 0 Å². The van der Waals surface area contributed by atoms with Crippen LogP contribution in [0.1, 0.15) is 35.2 Å². The quantitative estimate of drug-likeness (QED) is 0.881. The summed E-state index contributed by atoms with van der Waals surface area (Å²) in [6, 6.07) is 15.7. The van der Waals surface area contributed by atoms with Crippen molar-refractivity contribution >= 4 is 5.91 Å². The van der Waals surface area contributed by atoms with Gasteiger partial charge in [-0.2, -0.15) is 0 Å². The highest BCUT2D eigenvalue weighted by Gasteiger charge is 2.11. The number of benzene rings is 2. The largest absolute Gasteiger partial charge is 0.351 e. The maximum Gasteiger partial charge on any atom is 0.251 e. The van der Waals surface area contributed by atoms with Gasteiger partial charge < -0.3 is 5.32 Å². The fourth-order valence-electron chi connectivity index (χ4n) is 2.14. The topological polar surface area (TPSA) is 29.1 Å². The first-order chi connectivity index (χ1) is 9.70. The Morgan fingerprint density at radius 3 is 2.35 bits per heavy atom. The van der Waals surface area contributed by atoms with E-state index in [4.69, 9.17) is 0 Å². The fourth-order valence-corrected chi connectivity index (χ4v) is 2.14. The second kappa shape index (κ2) is 6.85. The first kappa shape index (κ1) is 14.3. The maximum atomic E-state index is 12.8. The molecule has 0 aromatic heterocycles. The summed E-state index contributed by atoms with van der Waals surface area (Å²) in [5, 5.41) is 2.91. The zero-order chi connectivity index (χ0) is 14.4. The summed E-state index contributed by atoms with van der Waals surface area (Å²) >= 11 is 0. The molecule has 2 aromatic carbocycles. The molecule has 104 valence electrons. The van der Waals surface area contributed by atoms with Crippen molar-refractivity contribution in [3.63, 3.8) is 0 Å². The van der Waals surface area contributed by atoms with Crippen LogP contribution < -0.4 is 5.32 Å². The minimum atomic E-state index is -0.336. The summed E-state index contributed by atoms with van der Waals surface area (Å²) in [5.41, 5.74) is 1.70. The normalized spacial score (nSPS) is 11.9. The molecule has 0 saturated heterocycles. The van der Waals surface area contributed by atoms with Crippen molar-refractivity contribution < 1.29 is 9.18 Å². The van der Waals surface area contributed by atoms with Crippen LogP contribution in [0.15, 0.2) is 54.6 Å². The molecule has 0 aliphatic heterocycles. The number of nitrogens with one attached hydrogen (secondary N) is 1. The van der Waals surface area contributed by atoms with Gasteiger partial charge in [0.25, 0.3) is 5.91 Å². The predicted molar refractivity (Wildman–Crippen MR) is 78.2 cm³/mol. The summed E-state index contributed by atoms with van der Waals surface area (Å²) in [6.07, 6.45) is 0.952. The number of halogens is 1. The third-order valence-electron chi connectivity index (χ3n) is 3.38. The van der Waals surface area contributed by atoms with Gasteiger partial charge >= 0.3 is 0 Å². The zero-order valence-electron chi connectivity index (χ0n) is 11.5. The molecule has 0 aliphatic rings. The second-order valence-corrected chi connectivity index (χ2v) is 4.73. The van der Waals surface area contributed by atoms with Gasteiger partial charge in [0.15, 0.2) is 0 Å². The molecule has 1 N–H and O–H groups in total. The number of hydrogen-bond acceptors (Lipinski definition) is 1. The van der Waals surface area contributed by atoms with Crippen LogP contribution in [0, 0.1) is 5.82 Å². The van der Waals surface area contributed by atoms with Crippen LogP contribution in [0.4, 0.5) is 4.39 Å². The highest BCUT2D eigenvalue weighted by Crippen LogP contribution is 2.18. The molecule has 0 aliphatic carbocycles. The summed E-state index contributed by atoms with van der Waals surface area (Å²) in [7, 11) is 0. The van der Waals surface area contributed by atoms with Crippen molar-refractivity contribution in [1.82, 2.24) is 5.32 Å². The SMILES string of the molecule is CC[C@@H](CNC(=O)c1ccc(F)cc1)c1ccccc1. The summed E-state index contributed by atoms with van der Waals surface area (Å²) < 4.78 is 12.8. The van der Waals surface area contributed by atoms with Crippen LogP contribution in [-0.2, 0) is 0 Å². The molecule has 2 rings (SSSR count). The van der Waals surface area contributed by atoms with Crippen molar-refractivity contribution in [3.8, 4) is 0 Å². The van der Waals surface area contributed by atoms with Crippen LogP contribution in [0.25, 0.3) is 0 Å². The number of carbonyl (C=O) groups is 1. The number of carbonyl (C=O) groups excluding carboxylic acids is 1. The summed E-state index contributed by atoms with van der Waals surface area (Å²) in [6.45, 7) is 2.68. The average molecular weight is 271 g/mol. The number of hydrogen-bond donors (Lipinski definition) is 1. The molecule has 0 spiro atoms. The van der Waals surface area contributed by atoms with E-state index in [1.807, 2.05) is 18.2 Å². The lowest BCUT2D eigenvalue weighted by molar-refractivity contribution is 0.0951. The Morgan fingerprint density at radius 1 is 1.10 bits per heavy atom. The highest BCUT2D eigenvalue weighted by atomic mass is 19.1. The Hall–Kier alpha value is -2.16. The lowest BCUT2D eigenvalue weighted by Crippen LogP contribution is -2.28. The Balaban J connectivity index is 1.96. The third-order valence-corrected chi connectivity index (χ3v) is 3.38. The van der Waals surface area contributed by atoms with E-state index >= 15 is 0 Å². The standard InChI is InChI=1S/C17H18FNO/c1-2-13(14-6-4-3-5-7-14)12-19-17(20)15-8-10-16(18)11-9-15/h3-11,13H,2,12H2,1H3,(H,19,20)/t13-/m0/s1. The van der Waals surface area contributed by atoms with E-state index in [0.717, 1.165) is 6.42 Å². The number of rotatable bonds is 5. The maximum absolute atomic E-state index is 12.8. The molecule has 0 saturated carbocycles. The molecule has 20 heavy (non-hydrogen) atoms. The van der Waals surface area contributed by atoms with Crippen LogP contribution >= 0.6 is 0 Å². The Labute approximate surface area is 118 Å². The monoisotopic (exact) mass is 271 g/mol. The van der Waals surface area contributed by atoms with Gasteiger partial charge in [0.2, 0.25) is 0 Å². The van der Waals surface area contributed by atoms with Crippen LogP contribution in [-0.4, -0.2) is 12.5 Å². The molecular weight excluding hydrogens is 253 g/mol. The Bertz CT molecular complexity index is 551. The molecular formula is C17H18FNO. The van der Waals surface area contributed by atoms with Gasteiger partial charge in [0.1, 0.15) is 5.82 Å². The molecule has 2 aromatic rings. The van der Waals surface area contributed by atoms with Crippen LogP contribution in [0.2, 0.25) is 0 Å². The van der Waals surface area contributed by atoms with Gasteiger partial charge in [-0.05, 0) is 36.2 Å². The third kappa shape index (κ3) is 3.67. The molecule has 3 heteroatoms. The van der Waals surface area contributed by atoms with Crippen molar-refractivity contribution in [1.29, 1.82) is 0 Å². The van der Waals surface area contributed by atoms with E-state index in [1.54, 1.807) is 0 Å². The number of amides is 1. The zero-order valence-corrected chi connectivity index (χ0v) is 11.5. The van der Waals surface area contributed by atoms with Crippen LogP contribution in [0.5, 0.6) is 0 Å². The minimum Gasteiger partial charge on any atom is -0.351 e. The first-order valence-corrected chi connectivity index (χ1v) is 6.79. The predicted octanol–water partition coefficient (Wildman–Crippen LogP) is 3.75. The van der Waals surface area contributed by atoms with Crippen molar-refractivity contribution in [2.75, 3.05) is 6.54 Å². The molecule has 1 atom stereocenters. The van der Waals surface area contributed by atoms with E-state index in [0.29, 0.717) is 18.0 Å². The lowest BCUT2D eigenvalue weighted by atomic mass is 9.96. The van der Waals surface area contributed by atoms with E-state index < -0.39 is 0 Å². The van der Waals surface area contributed by atoms with E-state index in [2.05, 4.69) is 24.4 Å². The Kier molecular flexibility index (Phi) is 4.88. The van der Waals surface area contributed by atoms with Gasteiger partial charge in [-0.15, -0.1) is 0 Å². The van der Waals surface area contributed by atoms with E-state index in [9.17, 15) is 9.18 Å². The molecule has 1 amide bonds. The Morgan fingerprint density at radius 2 is 1.75 bits per heavy atom.